The van der Waals surface area contributed by atoms with Gasteiger partial charge < -0.3 is 31.1 Å². The van der Waals surface area contributed by atoms with Crippen molar-refractivity contribution in [3.63, 3.8) is 0 Å². The lowest BCUT2D eigenvalue weighted by Crippen LogP contribution is -2.28. The second kappa shape index (κ2) is 6.27. The van der Waals surface area contributed by atoms with E-state index in [0.717, 1.165) is 0 Å². The Morgan fingerprint density at radius 1 is 1.50 bits per heavy atom. The Morgan fingerprint density at radius 3 is 2.80 bits per heavy atom. The van der Waals surface area contributed by atoms with E-state index in [0.29, 0.717) is 0 Å². The van der Waals surface area contributed by atoms with Crippen LogP contribution in [0.2, 0.25) is 0 Å². The van der Waals surface area contributed by atoms with Crippen molar-refractivity contribution in [1.82, 2.24) is 15.7 Å². The highest BCUT2D eigenvalue weighted by Crippen LogP contribution is 2.35. The zero-order chi connectivity index (χ0) is 14.0. The molecule has 1 aliphatic rings. The van der Waals surface area contributed by atoms with Crippen molar-refractivity contribution in [3.8, 4) is 0 Å². The van der Waals surface area contributed by atoms with Crippen LogP contribution < -0.4 is 17.6 Å². The van der Waals surface area contributed by atoms with Crippen LogP contribution in [0.25, 0.3) is 0 Å². The number of ether oxygens (including phenoxy) is 2. The average Bonchev–Trinajstić information content (AvgIpc) is 2.74. The summed E-state index contributed by atoms with van der Waals surface area (Å²) in [4.78, 5) is 32.4. The first-order valence-corrected chi connectivity index (χ1v) is 6.99. The first kappa shape index (κ1) is 16.5. The zero-order valence-corrected chi connectivity index (χ0v) is 11.2. The summed E-state index contributed by atoms with van der Waals surface area (Å²) in [5.41, 5.74) is 4.76. The summed E-state index contributed by atoms with van der Waals surface area (Å²) in [6, 6.07) is 1.43. The van der Waals surface area contributed by atoms with Gasteiger partial charge in [-0.1, -0.05) is 0 Å². The van der Waals surface area contributed by atoms with Crippen LogP contribution in [0, 0.1) is 0 Å². The first-order valence-electron chi connectivity index (χ1n) is 5.20. The van der Waals surface area contributed by atoms with Crippen LogP contribution in [0.3, 0.4) is 0 Å². The molecule has 0 aliphatic carbocycles. The smallest absolute Gasteiger partial charge is 0.351 e. The van der Waals surface area contributed by atoms with Gasteiger partial charge in [-0.2, -0.15) is 4.98 Å². The van der Waals surface area contributed by atoms with Gasteiger partial charge in [-0.15, -0.1) is 0 Å². The maximum Gasteiger partial charge on any atom is 0.351 e. The van der Waals surface area contributed by atoms with Gasteiger partial charge in [-0.25, -0.2) is 4.79 Å². The molecule has 11 heteroatoms. The summed E-state index contributed by atoms with van der Waals surface area (Å²) < 4.78 is 21.9. The SMILES string of the molecule is N.Nc1ccn(C2C=CC(OCP(=O)(O)O)O2)c(=O)n1. The number of nitrogen functional groups attached to an aromatic ring is 1. The molecule has 2 atom stereocenters. The van der Waals surface area contributed by atoms with Crippen LogP contribution in [-0.2, 0) is 14.0 Å². The predicted octanol–water partition coefficient (Wildman–Crippen LogP) is -0.450. The van der Waals surface area contributed by atoms with Gasteiger partial charge in [-0.05, 0) is 18.2 Å². The third kappa shape index (κ3) is 4.23. The summed E-state index contributed by atoms with van der Waals surface area (Å²) in [5.74, 6) is 0.0949. The van der Waals surface area contributed by atoms with Crippen molar-refractivity contribution >= 4 is 13.4 Å². The molecule has 0 bridgehead atoms. The molecule has 0 aromatic carbocycles. The summed E-state index contributed by atoms with van der Waals surface area (Å²) >= 11 is 0. The van der Waals surface area contributed by atoms with Gasteiger partial charge in [0.15, 0.2) is 18.9 Å². The number of hydrogen-bond acceptors (Lipinski definition) is 7. The summed E-state index contributed by atoms with van der Waals surface area (Å²) in [5, 5.41) is 0. The molecule has 1 aliphatic heterocycles. The Hall–Kier alpha value is -1.55. The van der Waals surface area contributed by atoms with Crippen molar-refractivity contribution in [3.05, 3.63) is 34.9 Å². The van der Waals surface area contributed by atoms with Crippen molar-refractivity contribution in [2.75, 3.05) is 12.1 Å². The monoisotopic (exact) mass is 306 g/mol. The van der Waals surface area contributed by atoms with Gasteiger partial charge in [0.2, 0.25) is 0 Å². The molecule has 112 valence electrons. The van der Waals surface area contributed by atoms with Crippen molar-refractivity contribution in [1.29, 1.82) is 0 Å². The molecule has 10 nitrogen and oxygen atoms in total. The highest BCUT2D eigenvalue weighted by atomic mass is 31.2. The number of anilines is 1. The summed E-state index contributed by atoms with van der Waals surface area (Å²) in [6.45, 7) is 0. The van der Waals surface area contributed by atoms with E-state index in [1.165, 1.54) is 29.0 Å². The molecule has 0 radical (unpaired) electrons. The van der Waals surface area contributed by atoms with E-state index < -0.39 is 32.2 Å². The van der Waals surface area contributed by atoms with Crippen LogP contribution in [0.4, 0.5) is 5.82 Å². The topological polar surface area (TPSA) is 172 Å². The van der Waals surface area contributed by atoms with Crippen molar-refractivity contribution in [2.24, 2.45) is 0 Å². The first-order chi connectivity index (χ1) is 8.85. The van der Waals surface area contributed by atoms with Gasteiger partial charge in [0, 0.05) is 6.20 Å². The van der Waals surface area contributed by atoms with Crippen LogP contribution in [0.1, 0.15) is 6.23 Å². The molecule has 0 amide bonds. The van der Waals surface area contributed by atoms with Gasteiger partial charge >= 0.3 is 13.3 Å². The number of nitrogens with two attached hydrogens (primary N) is 1. The van der Waals surface area contributed by atoms with E-state index in [1.54, 1.807) is 0 Å². The third-order valence-electron chi connectivity index (χ3n) is 2.24. The Balaban J connectivity index is 0.00000200. The van der Waals surface area contributed by atoms with Gasteiger partial charge in [0.1, 0.15) is 5.82 Å². The Labute approximate surface area is 113 Å². The molecule has 0 fully saturated rings. The normalized spacial score (nSPS) is 21.7. The fourth-order valence-electron chi connectivity index (χ4n) is 1.46. The quantitative estimate of drug-likeness (QED) is 0.424. The molecule has 0 saturated heterocycles. The molecule has 7 N–H and O–H groups in total. The van der Waals surface area contributed by atoms with E-state index in [4.69, 9.17) is 25.0 Å². The minimum absolute atomic E-state index is 0. The molecular formula is C9H15N4O6P. The summed E-state index contributed by atoms with van der Waals surface area (Å²) in [6.07, 6.45) is 1.94. The molecule has 1 aromatic rings. The van der Waals surface area contributed by atoms with E-state index in [2.05, 4.69) is 4.98 Å². The van der Waals surface area contributed by atoms with E-state index in [-0.39, 0.29) is 12.0 Å². The standard InChI is InChI=1S/C9H12N3O6P.H3N/c10-6-3-4-12(9(13)11-6)7-1-2-8(18-7)17-5-19(14,15)16;/h1-4,7-8H,5H2,(H2,10,11,13)(H2,14,15,16);1H3. The van der Waals surface area contributed by atoms with Gasteiger partial charge in [-0.3, -0.25) is 9.13 Å². The zero-order valence-electron chi connectivity index (χ0n) is 10.3. The maximum absolute atomic E-state index is 11.5. The molecular weight excluding hydrogens is 291 g/mol. The Kier molecular flexibility index (Phi) is 5.17. The predicted molar refractivity (Wildman–Crippen MR) is 69.0 cm³/mol. The Morgan fingerprint density at radius 2 is 2.20 bits per heavy atom. The molecule has 2 heterocycles. The number of hydrogen-bond donors (Lipinski definition) is 4. The van der Waals surface area contributed by atoms with Crippen LogP contribution >= 0.6 is 7.60 Å². The van der Waals surface area contributed by atoms with Crippen molar-refractivity contribution in [2.45, 2.75) is 12.5 Å². The second-order valence-electron chi connectivity index (χ2n) is 3.78. The second-order valence-corrected chi connectivity index (χ2v) is 5.37. The lowest BCUT2D eigenvalue weighted by molar-refractivity contribution is -0.127. The van der Waals surface area contributed by atoms with Crippen molar-refractivity contribution < 1.29 is 23.8 Å². The Bertz CT molecular complexity index is 596. The lowest BCUT2D eigenvalue weighted by atomic mass is 10.5. The highest BCUT2D eigenvalue weighted by Gasteiger charge is 2.24. The molecule has 1 aromatic heterocycles. The van der Waals surface area contributed by atoms with Crippen LogP contribution in [0.5, 0.6) is 0 Å². The molecule has 0 saturated carbocycles. The summed E-state index contributed by atoms with van der Waals surface area (Å²) in [7, 11) is -4.26. The number of aromatic nitrogens is 2. The van der Waals surface area contributed by atoms with Gasteiger partial charge in [0.25, 0.3) is 0 Å². The lowest BCUT2D eigenvalue weighted by Gasteiger charge is -2.16. The third-order valence-corrected chi connectivity index (χ3v) is 2.72. The van der Waals surface area contributed by atoms with E-state index in [1.807, 2.05) is 0 Å². The minimum atomic E-state index is -4.26. The highest BCUT2D eigenvalue weighted by molar-refractivity contribution is 7.51. The fourth-order valence-corrected chi connectivity index (χ4v) is 1.80. The average molecular weight is 306 g/mol. The molecule has 2 unspecified atom stereocenters. The maximum atomic E-state index is 11.5. The van der Waals surface area contributed by atoms with Crippen LogP contribution in [0.15, 0.2) is 29.2 Å². The minimum Gasteiger partial charge on any atom is -0.383 e. The van der Waals surface area contributed by atoms with E-state index >= 15 is 0 Å². The molecule has 0 spiro atoms. The van der Waals surface area contributed by atoms with Crippen LogP contribution in [-0.4, -0.2) is 32.0 Å². The largest absolute Gasteiger partial charge is 0.383 e. The number of nitrogens with zero attached hydrogens (tertiary/aromatic N) is 2. The molecule has 20 heavy (non-hydrogen) atoms. The van der Waals surface area contributed by atoms with Gasteiger partial charge in [0.05, 0.1) is 0 Å². The fraction of sp³-hybridized carbons (Fsp3) is 0.333. The molecule has 2 rings (SSSR count). The van der Waals surface area contributed by atoms with E-state index in [9.17, 15) is 9.36 Å². The number of rotatable bonds is 4.